The van der Waals surface area contributed by atoms with Crippen LogP contribution in [-0.4, -0.2) is 35.3 Å². The fourth-order valence-corrected chi connectivity index (χ4v) is 2.26. The molecule has 0 aliphatic rings. The van der Waals surface area contributed by atoms with E-state index in [0.717, 1.165) is 5.56 Å². The minimum Gasteiger partial charge on any atom is -0.451 e. The second-order valence-corrected chi connectivity index (χ2v) is 5.79. The molecule has 2 aromatic rings. The number of benzene rings is 1. The minimum absolute atomic E-state index is 0.00713. The highest BCUT2D eigenvalue weighted by Gasteiger charge is 2.19. The molecule has 0 saturated carbocycles. The summed E-state index contributed by atoms with van der Waals surface area (Å²) in [7, 11) is 0. The van der Waals surface area contributed by atoms with E-state index in [1.54, 1.807) is 0 Å². The van der Waals surface area contributed by atoms with Crippen LogP contribution in [-0.2, 0) is 20.7 Å². The van der Waals surface area contributed by atoms with Crippen LogP contribution in [0.2, 0.25) is 5.02 Å². The third kappa shape index (κ3) is 6.00. The minimum atomic E-state index is -0.764. The summed E-state index contributed by atoms with van der Waals surface area (Å²) in [5.41, 5.74) is 0.927. The molecule has 1 aromatic carbocycles. The number of carbonyl (C=O) groups excluding carboxylic acids is 3. The molecular weight excluding hydrogens is 344 g/mol. The van der Waals surface area contributed by atoms with Crippen LogP contribution in [0, 0.1) is 0 Å². The van der Waals surface area contributed by atoms with Gasteiger partial charge in [-0.3, -0.25) is 9.59 Å². The van der Waals surface area contributed by atoms with E-state index >= 15 is 0 Å². The van der Waals surface area contributed by atoms with Gasteiger partial charge < -0.3 is 10.1 Å². The van der Waals surface area contributed by atoms with Gasteiger partial charge in [-0.25, -0.2) is 9.78 Å². The summed E-state index contributed by atoms with van der Waals surface area (Å²) in [6.45, 7) is 0.890. The predicted octanol–water partition coefficient (Wildman–Crippen LogP) is 2.21. The number of halogens is 1. The van der Waals surface area contributed by atoms with E-state index in [-0.39, 0.29) is 11.5 Å². The lowest BCUT2D eigenvalue weighted by Gasteiger charge is -2.16. The van der Waals surface area contributed by atoms with Crippen molar-refractivity contribution in [2.45, 2.75) is 19.4 Å². The molecule has 0 bridgehead atoms. The number of pyridine rings is 1. The molecule has 0 spiro atoms. The van der Waals surface area contributed by atoms with Gasteiger partial charge >= 0.3 is 5.97 Å². The molecule has 0 aliphatic carbocycles. The normalized spacial score (nSPS) is 11.4. The van der Waals surface area contributed by atoms with E-state index in [0.29, 0.717) is 11.4 Å². The van der Waals surface area contributed by atoms with Crippen LogP contribution < -0.4 is 5.32 Å². The van der Waals surface area contributed by atoms with E-state index in [9.17, 15) is 14.4 Å². The molecule has 0 radical (unpaired) electrons. The Morgan fingerprint density at radius 2 is 1.92 bits per heavy atom. The first-order chi connectivity index (χ1) is 12.0. The number of hydrogen-bond donors (Lipinski definition) is 1. The zero-order valence-corrected chi connectivity index (χ0v) is 14.3. The quantitative estimate of drug-likeness (QED) is 0.765. The van der Waals surface area contributed by atoms with Crippen molar-refractivity contribution < 1.29 is 19.1 Å². The third-order valence-corrected chi connectivity index (χ3v) is 3.61. The molecule has 1 N–H and O–H groups in total. The summed E-state index contributed by atoms with van der Waals surface area (Å²) in [6, 6.07) is 11.5. The van der Waals surface area contributed by atoms with Crippen molar-refractivity contribution >= 4 is 29.3 Å². The maximum Gasteiger partial charge on any atom is 0.357 e. The van der Waals surface area contributed by atoms with E-state index < -0.39 is 24.5 Å². The second kappa shape index (κ2) is 8.94. The van der Waals surface area contributed by atoms with Gasteiger partial charge in [-0.15, -0.1) is 0 Å². The van der Waals surface area contributed by atoms with E-state index in [1.165, 1.54) is 25.3 Å². The van der Waals surface area contributed by atoms with Crippen molar-refractivity contribution in [3.05, 3.63) is 64.9 Å². The lowest BCUT2D eigenvalue weighted by atomic mass is 10.0. The highest BCUT2D eigenvalue weighted by Crippen LogP contribution is 2.09. The number of aromatic nitrogens is 1. The van der Waals surface area contributed by atoms with Crippen molar-refractivity contribution in [1.82, 2.24) is 10.3 Å². The number of nitrogens with one attached hydrogen (secondary N) is 1. The van der Waals surface area contributed by atoms with Crippen LogP contribution >= 0.6 is 11.6 Å². The van der Waals surface area contributed by atoms with Gasteiger partial charge in [-0.05, 0) is 31.0 Å². The summed E-state index contributed by atoms with van der Waals surface area (Å²) in [5.74, 6) is -1.51. The van der Waals surface area contributed by atoms with Gasteiger partial charge in [0, 0.05) is 11.2 Å². The van der Waals surface area contributed by atoms with Crippen molar-refractivity contribution in [1.29, 1.82) is 0 Å². The molecule has 7 heteroatoms. The first kappa shape index (κ1) is 18.6. The molecule has 1 heterocycles. The Morgan fingerprint density at radius 1 is 1.20 bits per heavy atom. The van der Waals surface area contributed by atoms with Gasteiger partial charge in [0.05, 0.1) is 6.04 Å². The number of Topliss-reactive ketones (excluding diaryl/α,β-unsaturated/α-hetero) is 1. The molecular formula is C18H17ClN2O4. The number of nitrogens with zero attached hydrogens (tertiary/aromatic N) is 1. The summed E-state index contributed by atoms with van der Waals surface area (Å²) in [4.78, 5) is 39.3. The molecule has 1 aromatic heterocycles. The van der Waals surface area contributed by atoms with Crippen LogP contribution in [0.4, 0.5) is 0 Å². The van der Waals surface area contributed by atoms with Gasteiger partial charge in [0.15, 0.2) is 12.4 Å². The standard InChI is InChI=1S/C18H17ClN2O4/c1-12(22)15(9-13-5-3-2-4-6-13)21-17(23)11-25-18(24)16-10-14(19)7-8-20-16/h2-8,10,15H,9,11H2,1H3,(H,21,23)/t15-/m1/s1. The fourth-order valence-electron chi connectivity index (χ4n) is 2.10. The van der Waals surface area contributed by atoms with Crippen molar-refractivity contribution in [2.24, 2.45) is 0 Å². The molecule has 6 nitrogen and oxygen atoms in total. The average Bonchev–Trinajstić information content (AvgIpc) is 2.60. The molecule has 1 amide bonds. The van der Waals surface area contributed by atoms with Crippen molar-refractivity contribution in [3.63, 3.8) is 0 Å². The van der Waals surface area contributed by atoms with Gasteiger partial charge in [0.1, 0.15) is 5.69 Å². The molecule has 130 valence electrons. The second-order valence-electron chi connectivity index (χ2n) is 5.36. The predicted molar refractivity (Wildman–Crippen MR) is 92.3 cm³/mol. The number of ether oxygens (including phenoxy) is 1. The Bertz CT molecular complexity index is 765. The van der Waals surface area contributed by atoms with Gasteiger partial charge in [-0.2, -0.15) is 0 Å². The molecule has 0 saturated heterocycles. The maximum atomic E-state index is 12.0. The Hall–Kier alpha value is -2.73. The lowest BCUT2D eigenvalue weighted by molar-refractivity contribution is -0.128. The topological polar surface area (TPSA) is 85.4 Å². The molecule has 25 heavy (non-hydrogen) atoms. The fraction of sp³-hybridized carbons (Fsp3) is 0.222. The highest BCUT2D eigenvalue weighted by atomic mass is 35.5. The number of hydrogen-bond acceptors (Lipinski definition) is 5. The highest BCUT2D eigenvalue weighted by molar-refractivity contribution is 6.30. The Labute approximate surface area is 150 Å². The lowest BCUT2D eigenvalue weighted by Crippen LogP contribution is -2.43. The first-order valence-electron chi connectivity index (χ1n) is 7.58. The van der Waals surface area contributed by atoms with Crippen LogP contribution in [0.15, 0.2) is 48.7 Å². The molecule has 0 aliphatic heterocycles. The molecule has 1 atom stereocenters. The van der Waals surface area contributed by atoms with Crippen LogP contribution in [0.25, 0.3) is 0 Å². The largest absolute Gasteiger partial charge is 0.451 e. The number of rotatable bonds is 7. The third-order valence-electron chi connectivity index (χ3n) is 3.37. The summed E-state index contributed by atoms with van der Waals surface area (Å²) in [5, 5.41) is 2.91. The average molecular weight is 361 g/mol. The van der Waals surface area contributed by atoms with Crippen LogP contribution in [0.5, 0.6) is 0 Å². The van der Waals surface area contributed by atoms with Crippen LogP contribution in [0.1, 0.15) is 23.0 Å². The Kier molecular flexibility index (Phi) is 6.65. The SMILES string of the molecule is CC(=O)[C@@H](Cc1ccccc1)NC(=O)COC(=O)c1cc(Cl)ccn1. The number of carbonyl (C=O) groups is 3. The molecule has 0 fully saturated rings. The monoisotopic (exact) mass is 360 g/mol. The zero-order chi connectivity index (χ0) is 18.2. The van der Waals surface area contributed by atoms with Gasteiger partial charge in [-0.1, -0.05) is 41.9 Å². The van der Waals surface area contributed by atoms with Crippen LogP contribution in [0.3, 0.4) is 0 Å². The summed E-state index contributed by atoms with van der Waals surface area (Å²) in [6.07, 6.45) is 1.73. The number of amides is 1. The summed E-state index contributed by atoms with van der Waals surface area (Å²) >= 11 is 5.77. The Balaban J connectivity index is 1.88. The van der Waals surface area contributed by atoms with Crippen molar-refractivity contribution in [3.8, 4) is 0 Å². The number of esters is 1. The van der Waals surface area contributed by atoms with E-state index in [4.69, 9.17) is 16.3 Å². The van der Waals surface area contributed by atoms with Gasteiger partial charge in [0.25, 0.3) is 5.91 Å². The number of ketones is 1. The maximum absolute atomic E-state index is 12.0. The van der Waals surface area contributed by atoms with E-state index in [2.05, 4.69) is 10.3 Å². The smallest absolute Gasteiger partial charge is 0.357 e. The molecule has 0 unspecified atom stereocenters. The first-order valence-corrected chi connectivity index (χ1v) is 7.96. The summed E-state index contributed by atoms with van der Waals surface area (Å²) < 4.78 is 4.89. The molecule has 2 rings (SSSR count). The Morgan fingerprint density at radius 3 is 2.56 bits per heavy atom. The zero-order valence-electron chi connectivity index (χ0n) is 13.6. The van der Waals surface area contributed by atoms with E-state index in [1.807, 2.05) is 30.3 Å². The van der Waals surface area contributed by atoms with Gasteiger partial charge in [0.2, 0.25) is 0 Å². The van der Waals surface area contributed by atoms with Crippen molar-refractivity contribution in [2.75, 3.05) is 6.61 Å².